The van der Waals surface area contributed by atoms with E-state index in [9.17, 15) is 13.2 Å². The highest BCUT2D eigenvalue weighted by Crippen LogP contribution is 2.31. The van der Waals surface area contributed by atoms with Crippen LogP contribution in [0.1, 0.15) is 24.2 Å². The van der Waals surface area contributed by atoms with Crippen LogP contribution in [0, 0.1) is 17.8 Å². The average Bonchev–Trinajstić information content (AvgIpc) is 3.40. The summed E-state index contributed by atoms with van der Waals surface area (Å²) in [4.78, 5) is 3.71. The number of para-hydroxylation sites is 2. The first-order valence-corrected chi connectivity index (χ1v) is 8.75. The van der Waals surface area contributed by atoms with Crippen molar-refractivity contribution >= 4 is 11.0 Å². The van der Waals surface area contributed by atoms with Crippen molar-refractivity contribution in [3.8, 4) is 17.6 Å². The van der Waals surface area contributed by atoms with Crippen LogP contribution in [-0.2, 0) is 12.7 Å². The first-order chi connectivity index (χ1) is 13.0. The van der Waals surface area contributed by atoms with Crippen LogP contribution < -0.4 is 4.74 Å². The fourth-order valence-electron chi connectivity index (χ4n) is 2.81. The third kappa shape index (κ3) is 4.08. The molecule has 27 heavy (non-hydrogen) atoms. The van der Waals surface area contributed by atoms with Crippen LogP contribution in [0.5, 0.6) is 5.75 Å². The molecule has 3 aromatic rings. The summed E-state index contributed by atoms with van der Waals surface area (Å²) < 4.78 is 46.6. The van der Waals surface area contributed by atoms with Gasteiger partial charge in [0.2, 0.25) is 5.82 Å². The van der Waals surface area contributed by atoms with E-state index in [1.165, 1.54) is 12.8 Å². The van der Waals surface area contributed by atoms with E-state index in [0.717, 1.165) is 22.5 Å². The number of fused-ring (bicyclic) bond motifs is 1. The van der Waals surface area contributed by atoms with Gasteiger partial charge in [-0.05, 0) is 55.2 Å². The maximum Gasteiger partial charge on any atom is 0.449 e. The molecule has 1 saturated carbocycles. The standard InChI is InChI=1S/C21H17F3N2O/c22-21(23,24)20-25-18-5-1-2-6-19(18)26(20)13-3-4-15-9-11-17(12-10-15)27-14-16-7-8-16/h1-2,5-6,9-12,16H,7-8,13-14H2. The van der Waals surface area contributed by atoms with E-state index in [1.54, 1.807) is 24.3 Å². The molecule has 4 rings (SSSR count). The highest BCUT2D eigenvalue weighted by atomic mass is 19.4. The minimum Gasteiger partial charge on any atom is -0.493 e. The number of imidazole rings is 1. The Balaban J connectivity index is 1.52. The molecule has 0 saturated heterocycles. The average molecular weight is 370 g/mol. The summed E-state index contributed by atoms with van der Waals surface area (Å²) in [5, 5.41) is 0. The Labute approximate surface area is 154 Å². The van der Waals surface area contributed by atoms with Gasteiger partial charge in [0.1, 0.15) is 5.75 Å². The molecule has 0 spiro atoms. The summed E-state index contributed by atoms with van der Waals surface area (Å²) in [5.74, 6) is 6.26. The fourth-order valence-corrected chi connectivity index (χ4v) is 2.81. The Bertz CT molecular complexity index is 1010. The molecule has 1 aromatic heterocycles. The molecule has 0 radical (unpaired) electrons. The Morgan fingerprint density at radius 3 is 2.52 bits per heavy atom. The molecule has 0 aliphatic heterocycles. The van der Waals surface area contributed by atoms with Crippen molar-refractivity contribution in [3.05, 3.63) is 59.9 Å². The number of nitrogens with zero attached hydrogens (tertiary/aromatic N) is 2. The molecule has 0 amide bonds. The topological polar surface area (TPSA) is 27.1 Å². The number of halogens is 3. The van der Waals surface area contributed by atoms with Gasteiger partial charge in [0.15, 0.2) is 0 Å². The van der Waals surface area contributed by atoms with E-state index < -0.39 is 12.0 Å². The minimum absolute atomic E-state index is 0.0880. The summed E-state index contributed by atoms with van der Waals surface area (Å²) in [6, 6.07) is 13.8. The molecule has 1 aliphatic carbocycles. The summed E-state index contributed by atoms with van der Waals surface area (Å²) in [7, 11) is 0. The van der Waals surface area contributed by atoms with Gasteiger partial charge in [-0.3, -0.25) is 0 Å². The third-order valence-electron chi connectivity index (χ3n) is 4.41. The predicted molar refractivity (Wildman–Crippen MR) is 96.3 cm³/mol. The number of benzene rings is 2. The zero-order chi connectivity index (χ0) is 18.9. The molecular weight excluding hydrogens is 353 g/mol. The van der Waals surface area contributed by atoms with Crippen molar-refractivity contribution in [1.82, 2.24) is 9.55 Å². The lowest BCUT2D eigenvalue weighted by Crippen LogP contribution is -2.14. The number of alkyl halides is 3. The Hall–Kier alpha value is -2.94. The summed E-state index contributed by atoms with van der Waals surface area (Å²) >= 11 is 0. The normalized spacial score (nSPS) is 14.0. The van der Waals surface area contributed by atoms with Crippen molar-refractivity contribution in [1.29, 1.82) is 0 Å². The monoisotopic (exact) mass is 370 g/mol. The van der Waals surface area contributed by atoms with Gasteiger partial charge < -0.3 is 9.30 Å². The zero-order valence-electron chi connectivity index (χ0n) is 14.5. The van der Waals surface area contributed by atoms with Crippen molar-refractivity contribution < 1.29 is 17.9 Å². The number of rotatable bonds is 4. The largest absolute Gasteiger partial charge is 0.493 e. The number of ether oxygens (including phenoxy) is 1. The lowest BCUT2D eigenvalue weighted by atomic mass is 10.2. The molecule has 0 bridgehead atoms. The van der Waals surface area contributed by atoms with Crippen molar-refractivity contribution in [2.45, 2.75) is 25.6 Å². The van der Waals surface area contributed by atoms with Crippen molar-refractivity contribution in [2.75, 3.05) is 6.61 Å². The Kier molecular flexibility index (Phi) is 4.53. The second kappa shape index (κ2) is 6.99. The van der Waals surface area contributed by atoms with E-state index >= 15 is 0 Å². The maximum absolute atomic E-state index is 13.3. The van der Waals surface area contributed by atoms with E-state index in [-0.39, 0.29) is 6.54 Å². The van der Waals surface area contributed by atoms with Gasteiger partial charge in [-0.2, -0.15) is 13.2 Å². The van der Waals surface area contributed by atoms with Crippen molar-refractivity contribution in [3.63, 3.8) is 0 Å². The van der Waals surface area contributed by atoms with Gasteiger partial charge >= 0.3 is 6.18 Å². The lowest BCUT2D eigenvalue weighted by molar-refractivity contribution is -0.146. The van der Waals surface area contributed by atoms with Crippen LogP contribution in [0.15, 0.2) is 48.5 Å². The van der Waals surface area contributed by atoms with Crippen molar-refractivity contribution in [2.24, 2.45) is 5.92 Å². The van der Waals surface area contributed by atoms with E-state index in [1.807, 2.05) is 24.3 Å². The third-order valence-corrected chi connectivity index (χ3v) is 4.41. The Morgan fingerprint density at radius 1 is 1.07 bits per heavy atom. The van der Waals surface area contributed by atoms with Gasteiger partial charge in [0.05, 0.1) is 24.2 Å². The predicted octanol–water partition coefficient (Wildman–Crippen LogP) is 4.90. The van der Waals surface area contributed by atoms with Crippen LogP contribution in [0.4, 0.5) is 13.2 Å². The van der Waals surface area contributed by atoms with Gasteiger partial charge in [-0.1, -0.05) is 24.0 Å². The molecule has 138 valence electrons. The van der Waals surface area contributed by atoms with E-state index in [4.69, 9.17) is 4.74 Å². The molecule has 0 unspecified atom stereocenters. The highest BCUT2D eigenvalue weighted by molar-refractivity contribution is 5.76. The quantitative estimate of drug-likeness (QED) is 0.611. The first kappa shape index (κ1) is 17.5. The van der Waals surface area contributed by atoms with E-state index in [0.29, 0.717) is 17.0 Å². The second-order valence-electron chi connectivity index (χ2n) is 6.59. The molecule has 1 fully saturated rings. The molecule has 0 N–H and O–H groups in total. The highest BCUT2D eigenvalue weighted by Gasteiger charge is 2.37. The van der Waals surface area contributed by atoms with Crippen LogP contribution in [-0.4, -0.2) is 16.2 Å². The first-order valence-electron chi connectivity index (χ1n) is 8.75. The molecule has 0 atom stereocenters. The second-order valence-corrected chi connectivity index (χ2v) is 6.59. The molecule has 1 heterocycles. The number of aromatic nitrogens is 2. The molecule has 1 aliphatic rings. The van der Waals surface area contributed by atoms with Crippen LogP contribution in [0.2, 0.25) is 0 Å². The van der Waals surface area contributed by atoms with Crippen LogP contribution in [0.25, 0.3) is 11.0 Å². The summed E-state index contributed by atoms with van der Waals surface area (Å²) in [5.41, 5.74) is 1.46. The molecule has 6 heteroatoms. The molecule has 3 nitrogen and oxygen atoms in total. The van der Waals surface area contributed by atoms with Gasteiger partial charge in [-0.25, -0.2) is 4.98 Å². The smallest absolute Gasteiger partial charge is 0.449 e. The summed E-state index contributed by atoms with van der Waals surface area (Å²) in [6.07, 6.45) is -2.07. The lowest BCUT2D eigenvalue weighted by Gasteiger charge is -2.08. The maximum atomic E-state index is 13.3. The van der Waals surface area contributed by atoms with Gasteiger partial charge in [-0.15, -0.1) is 0 Å². The number of hydrogen-bond acceptors (Lipinski definition) is 2. The van der Waals surface area contributed by atoms with Crippen LogP contribution in [0.3, 0.4) is 0 Å². The Morgan fingerprint density at radius 2 is 1.81 bits per heavy atom. The minimum atomic E-state index is -4.53. The zero-order valence-corrected chi connectivity index (χ0v) is 14.5. The SMILES string of the molecule is FC(F)(F)c1nc2ccccc2n1CC#Cc1ccc(OCC2CC2)cc1. The van der Waals surface area contributed by atoms with Gasteiger partial charge in [0, 0.05) is 5.56 Å². The van der Waals surface area contributed by atoms with E-state index in [2.05, 4.69) is 16.8 Å². The summed E-state index contributed by atoms with van der Waals surface area (Å²) in [6.45, 7) is 0.647. The molecular formula is C21H17F3N2O. The number of hydrogen-bond donors (Lipinski definition) is 0. The van der Waals surface area contributed by atoms with Crippen LogP contribution >= 0.6 is 0 Å². The molecule has 2 aromatic carbocycles. The fraction of sp³-hybridized carbons (Fsp3) is 0.286. The van der Waals surface area contributed by atoms with Gasteiger partial charge in [0.25, 0.3) is 0 Å².